The molecule has 0 atom stereocenters. The van der Waals surface area contributed by atoms with Crippen LogP contribution in [0.1, 0.15) is 30.3 Å². The van der Waals surface area contributed by atoms with Crippen molar-refractivity contribution in [2.24, 2.45) is 5.92 Å². The number of hydrogen-bond donors (Lipinski definition) is 1. The third kappa shape index (κ3) is 1.71. The lowest BCUT2D eigenvalue weighted by Crippen LogP contribution is -2.43. The molecule has 2 rings (SSSR count). The van der Waals surface area contributed by atoms with Crippen LogP contribution < -0.4 is 5.32 Å². The fourth-order valence-corrected chi connectivity index (χ4v) is 1.61. The number of carbonyl (C=O) groups excluding carboxylic acids is 1. The van der Waals surface area contributed by atoms with E-state index in [9.17, 15) is 4.79 Å². The molecular formula is C9H12N2O2. The molecule has 1 aromatic rings. The predicted molar refractivity (Wildman–Crippen MR) is 46.2 cm³/mol. The maximum atomic E-state index is 11.4. The highest BCUT2D eigenvalue weighted by Gasteiger charge is 2.27. The Morgan fingerprint density at radius 1 is 1.69 bits per heavy atom. The van der Waals surface area contributed by atoms with Crippen molar-refractivity contribution in [2.45, 2.75) is 25.8 Å². The number of carbonyl (C=O) groups is 1. The zero-order valence-electron chi connectivity index (χ0n) is 7.49. The minimum absolute atomic E-state index is 0.134. The zero-order valence-corrected chi connectivity index (χ0v) is 7.49. The average Bonchev–Trinajstić information content (AvgIpc) is 2.53. The van der Waals surface area contributed by atoms with Gasteiger partial charge in [-0.25, -0.2) is 0 Å². The Morgan fingerprint density at radius 2 is 2.46 bits per heavy atom. The third-order valence-electron chi connectivity index (χ3n) is 2.38. The summed E-state index contributed by atoms with van der Waals surface area (Å²) in [6, 6.07) is 1.90. The summed E-state index contributed by atoms with van der Waals surface area (Å²) in [4.78, 5) is 11.4. The summed E-state index contributed by atoms with van der Waals surface area (Å²) in [6.45, 7) is 2.18. The number of hydrogen-bond acceptors (Lipinski definition) is 3. The number of rotatable bonds is 2. The lowest BCUT2D eigenvalue weighted by atomic mass is 9.82. The summed E-state index contributed by atoms with van der Waals surface area (Å²) in [5, 5.41) is 6.45. The average molecular weight is 180 g/mol. The van der Waals surface area contributed by atoms with E-state index in [0.717, 1.165) is 18.8 Å². The highest BCUT2D eigenvalue weighted by atomic mass is 16.5. The second kappa shape index (κ2) is 3.20. The van der Waals surface area contributed by atoms with E-state index in [1.807, 2.05) is 0 Å². The smallest absolute Gasteiger partial charge is 0.273 e. The van der Waals surface area contributed by atoms with Crippen molar-refractivity contribution in [2.75, 3.05) is 0 Å². The van der Waals surface area contributed by atoms with E-state index >= 15 is 0 Å². The maximum Gasteiger partial charge on any atom is 0.273 e. The van der Waals surface area contributed by atoms with E-state index in [1.54, 1.807) is 6.07 Å². The number of nitrogens with one attached hydrogen (secondary N) is 1. The van der Waals surface area contributed by atoms with Gasteiger partial charge in [0, 0.05) is 12.1 Å². The van der Waals surface area contributed by atoms with Crippen molar-refractivity contribution < 1.29 is 9.32 Å². The van der Waals surface area contributed by atoms with Gasteiger partial charge < -0.3 is 9.84 Å². The molecule has 0 bridgehead atoms. The fraction of sp³-hybridized carbons (Fsp3) is 0.556. The molecule has 0 saturated heterocycles. The summed E-state index contributed by atoms with van der Waals surface area (Å²) < 4.78 is 4.58. The Morgan fingerprint density at radius 3 is 3.00 bits per heavy atom. The third-order valence-corrected chi connectivity index (χ3v) is 2.38. The Bertz CT molecular complexity index is 289. The number of aromatic nitrogens is 1. The molecule has 0 aromatic carbocycles. The number of nitrogens with zero attached hydrogens (tertiary/aromatic N) is 1. The van der Waals surface area contributed by atoms with Crippen LogP contribution in [0, 0.1) is 5.92 Å². The van der Waals surface area contributed by atoms with Gasteiger partial charge in [0.2, 0.25) is 0 Å². The van der Waals surface area contributed by atoms with E-state index in [0.29, 0.717) is 11.7 Å². The van der Waals surface area contributed by atoms with Crippen molar-refractivity contribution in [3.8, 4) is 0 Å². The predicted octanol–water partition coefficient (Wildman–Crippen LogP) is 1.20. The van der Waals surface area contributed by atoms with E-state index in [4.69, 9.17) is 0 Å². The van der Waals surface area contributed by atoms with Gasteiger partial charge in [-0.05, 0) is 18.8 Å². The summed E-state index contributed by atoms with van der Waals surface area (Å²) >= 11 is 0. The first-order chi connectivity index (χ1) is 6.25. The molecule has 13 heavy (non-hydrogen) atoms. The van der Waals surface area contributed by atoms with Crippen molar-refractivity contribution in [3.63, 3.8) is 0 Å². The van der Waals surface area contributed by atoms with Crippen LogP contribution in [0.15, 0.2) is 16.9 Å². The molecule has 1 heterocycles. The highest BCUT2D eigenvalue weighted by Crippen LogP contribution is 2.26. The number of amides is 1. The first kappa shape index (κ1) is 8.29. The monoisotopic (exact) mass is 180 g/mol. The second-order valence-electron chi connectivity index (χ2n) is 3.63. The van der Waals surface area contributed by atoms with Crippen molar-refractivity contribution in [3.05, 3.63) is 18.0 Å². The minimum Gasteiger partial charge on any atom is -0.364 e. The van der Waals surface area contributed by atoms with Crippen molar-refractivity contribution >= 4 is 5.91 Å². The molecule has 4 nitrogen and oxygen atoms in total. The van der Waals surface area contributed by atoms with Crippen LogP contribution >= 0.6 is 0 Å². The first-order valence-corrected chi connectivity index (χ1v) is 4.47. The topological polar surface area (TPSA) is 55.1 Å². The molecule has 1 aliphatic carbocycles. The first-order valence-electron chi connectivity index (χ1n) is 4.47. The second-order valence-corrected chi connectivity index (χ2v) is 3.63. The van der Waals surface area contributed by atoms with Gasteiger partial charge in [0.15, 0.2) is 5.69 Å². The van der Waals surface area contributed by atoms with E-state index in [-0.39, 0.29) is 5.91 Å². The molecule has 1 aliphatic rings. The molecule has 1 N–H and O–H groups in total. The largest absolute Gasteiger partial charge is 0.364 e. The minimum atomic E-state index is -0.134. The fourth-order valence-electron chi connectivity index (χ4n) is 1.61. The van der Waals surface area contributed by atoms with E-state index in [2.05, 4.69) is 21.9 Å². The molecular weight excluding hydrogens is 168 g/mol. The summed E-state index contributed by atoms with van der Waals surface area (Å²) in [5.41, 5.74) is 0.361. The molecule has 4 heteroatoms. The van der Waals surface area contributed by atoms with Crippen LogP contribution in [0.2, 0.25) is 0 Å². The van der Waals surface area contributed by atoms with Crippen LogP contribution in [0.3, 0.4) is 0 Å². The Labute approximate surface area is 76.3 Å². The highest BCUT2D eigenvalue weighted by molar-refractivity contribution is 5.92. The summed E-state index contributed by atoms with van der Waals surface area (Å²) in [5.74, 6) is 0.605. The standard InChI is InChI=1S/C9H12N2O2/c1-6-4-7(5-6)10-9(12)8-2-3-13-11-8/h2-3,6-7H,4-5H2,1H3,(H,10,12). The molecule has 0 unspecified atom stereocenters. The summed E-state index contributed by atoms with van der Waals surface area (Å²) in [6.07, 6.45) is 3.55. The van der Waals surface area contributed by atoms with Crippen molar-refractivity contribution in [1.82, 2.24) is 10.5 Å². The molecule has 1 aromatic heterocycles. The molecule has 0 spiro atoms. The van der Waals surface area contributed by atoms with Gasteiger partial charge >= 0.3 is 0 Å². The van der Waals surface area contributed by atoms with Gasteiger partial charge in [-0.2, -0.15) is 0 Å². The van der Waals surface area contributed by atoms with Crippen LogP contribution in [0.4, 0.5) is 0 Å². The molecule has 70 valence electrons. The van der Waals surface area contributed by atoms with E-state index < -0.39 is 0 Å². The van der Waals surface area contributed by atoms with Gasteiger partial charge in [0.05, 0.1) is 0 Å². The Kier molecular flexibility index (Phi) is 2.04. The Hall–Kier alpha value is -1.32. The van der Waals surface area contributed by atoms with Crippen LogP contribution in [0.5, 0.6) is 0 Å². The van der Waals surface area contributed by atoms with E-state index in [1.165, 1.54) is 6.26 Å². The van der Waals surface area contributed by atoms with Gasteiger partial charge in [-0.1, -0.05) is 12.1 Å². The van der Waals surface area contributed by atoms with Crippen LogP contribution in [-0.4, -0.2) is 17.1 Å². The quantitative estimate of drug-likeness (QED) is 0.744. The molecule has 1 amide bonds. The van der Waals surface area contributed by atoms with Gasteiger partial charge in [0.25, 0.3) is 5.91 Å². The van der Waals surface area contributed by atoms with Gasteiger partial charge in [0.1, 0.15) is 6.26 Å². The maximum absolute atomic E-state index is 11.4. The van der Waals surface area contributed by atoms with Crippen LogP contribution in [-0.2, 0) is 0 Å². The molecule has 0 aliphatic heterocycles. The van der Waals surface area contributed by atoms with Gasteiger partial charge in [-0.3, -0.25) is 4.79 Å². The lowest BCUT2D eigenvalue weighted by molar-refractivity contribution is 0.0887. The normalized spacial score (nSPS) is 26.5. The Balaban J connectivity index is 1.86. The molecule has 1 saturated carbocycles. The SMILES string of the molecule is CC1CC(NC(=O)c2ccon2)C1. The molecule has 1 fully saturated rings. The van der Waals surface area contributed by atoms with Gasteiger partial charge in [-0.15, -0.1) is 0 Å². The van der Waals surface area contributed by atoms with Crippen LogP contribution in [0.25, 0.3) is 0 Å². The molecule has 0 radical (unpaired) electrons. The van der Waals surface area contributed by atoms with Crippen molar-refractivity contribution in [1.29, 1.82) is 0 Å². The lowest BCUT2D eigenvalue weighted by Gasteiger charge is -2.32. The summed E-state index contributed by atoms with van der Waals surface area (Å²) in [7, 11) is 0. The zero-order chi connectivity index (χ0) is 9.26.